The lowest BCUT2D eigenvalue weighted by molar-refractivity contribution is 0.247. The van der Waals surface area contributed by atoms with Crippen molar-refractivity contribution >= 4 is 6.08 Å². The molecule has 1 N–H and O–H groups in total. The number of nitrogens with zero attached hydrogens (tertiary/aromatic N) is 1. The Hall–Kier alpha value is -1.60. The van der Waals surface area contributed by atoms with E-state index >= 15 is 0 Å². The molecule has 1 aromatic carbocycles. The average molecular weight is 259 g/mol. The highest BCUT2D eigenvalue weighted by Gasteiger charge is 2.41. The highest BCUT2D eigenvalue weighted by atomic mass is 16.3. The van der Waals surface area contributed by atoms with E-state index < -0.39 is 5.54 Å². The lowest BCUT2D eigenvalue weighted by Gasteiger charge is -2.38. The molecule has 3 heteroatoms. The number of aromatic hydroxyl groups is 1. The Labute approximate surface area is 114 Å². The van der Waals surface area contributed by atoms with Gasteiger partial charge >= 0.3 is 0 Å². The number of hydrogen-bond acceptors (Lipinski definition) is 3. The van der Waals surface area contributed by atoms with Gasteiger partial charge < -0.3 is 5.11 Å². The van der Waals surface area contributed by atoms with Crippen LogP contribution >= 0.6 is 0 Å². The number of aliphatic imine (C=N–C) groups is 1. The number of isocyanates is 1. The van der Waals surface area contributed by atoms with Crippen molar-refractivity contribution < 1.29 is 9.90 Å². The second-order valence-corrected chi connectivity index (χ2v) is 6.06. The Morgan fingerprint density at radius 1 is 1.42 bits per heavy atom. The Kier molecular flexibility index (Phi) is 3.51. The molecule has 1 saturated carbocycles. The van der Waals surface area contributed by atoms with Crippen LogP contribution in [0.1, 0.15) is 57.6 Å². The predicted octanol–water partition coefficient (Wildman–Crippen LogP) is 3.79. The van der Waals surface area contributed by atoms with E-state index in [0.29, 0.717) is 0 Å². The Balaban J connectivity index is 2.51. The molecule has 0 bridgehead atoms. The molecular weight excluding hydrogens is 238 g/mol. The molecule has 1 aliphatic rings. The maximum atomic E-state index is 10.7. The molecule has 1 aromatic rings. The quantitative estimate of drug-likeness (QED) is 0.660. The summed E-state index contributed by atoms with van der Waals surface area (Å²) in [4.78, 5) is 14.6. The molecule has 0 spiro atoms. The Morgan fingerprint density at radius 3 is 2.58 bits per heavy atom. The number of hydrogen-bond donors (Lipinski definition) is 1. The molecule has 0 unspecified atom stereocenters. The second-order valence-electron chi connectivity index (χ2n) is 6.06. The van der Waals surface area contributed by atoms with Crippen LogP contribution in [-0.4, -0.2) is 11.2 Å². The molecule has 2 rings (SSSR count). The molecule has 0 aliphatic heterocycles. The maximum absolute atomic E-state index is 10.7. The van der Waals surface area contributed by atoms with E-state index in [1.54, 1.807) is 12.1 Å². The van der Waals surface area contributed by atoms with Crippen molar-refractivity contribution in [1.82, 2.24) is 0 Å². The molecule has 19 heavy (non-hydrogen) atoms. The van der Waals surface area contributed by atoms with E-state index in [2.05, 4.69) is 25.8 Å². The summed E-state index contributed by atoms with van der Waals surface area (Å²) in [5.74, 6) is 0.231. The minimum atomic E-state index is -0.536. The first-order valence-electron chi connectivity index (χ1n) is 6.88. The molecule has 0 atom stereocenters. The number of carbonyl (C=O) groups excluding carboxylic acids is 1. The number of rotatable bonds is 4. The topological polar surface area (TPSA) is 49.7 Å². The molecule has 0 saturated heterocycles. The van der Waals surface area contributed by atoms with Crippen LogP contribution in [0.25, 0.3) is 0 Å². The molecule has 0 heterocycles. The third-order valence-electron chi connectivity index (χ3n) is 4.60. The summed E-state index contributed by atoms with van der Waals surface area (Å²) in [6.45, 7) is 6.51. The van der Waals surface area contributed by atoms with Gasteiger partial charge in [0.2, 0.25) is 6.08 Å². The zero-order valence-electron chi connectivity index (χ0n) is 11.9. The molecule has 3 nitrogen and oxygen atoms in total. The summed E-state index contributed by atoms with van der Waals surface area (Å²) in [6.07, 6.45) is 5.34. The van der Waals surface area contributed by atoms with E-state index in [1.807, 2.05) is 12.1 Å². The number of benzene rings is 1. The minimum absolute atomic E-state index is 0.0538. The van der Waals surface area contributed by atoms with Crippen LogP contribution in [0.5, 0.6) is 5.75 Å². The monoisotopic (exact) mass is 259 g/mol. The van der Waals surface area contributed by atoms with E-state index in [1.165, 1.54) is 5.56 Å². The fraction of sp³-hybridized carbons (Fsp3) is 0.562. The molecule has 0 radical (unpaired) electrons. The van der Waals surface area contributed by atoms with Crippen LogP contribution in [0, 0.1) is 0 Å². The van der Waals surface area contributed by atoms with Gasteiger partial charge in [-0.25, -0.2) is 4.79 Å². The summed E-state index contributed by atoms with van der Waals surface area (Å²) in [5.41, 5.74) is 1.47. The van der Waals surface area contributed by atoms with E-state index in [0.717, 1.165) is 31.2 Å². The van der Waals surface area contributed by atoms with Gasteiger partial charge in [-0.2, -0.15) is 4.99 Å². The molecule has 0 aromatic heterocycles. The van der Waals surface area contributed by atoms with Crippen LogP contribution < -0.4 is 0 Å². The SMILES string of the molecule is CCC(C)(C)c1ccc(O)c(C2(N=C=O)CCC2)c1. The lowest BCUT2D eigenvalue weighted by Crippen LogP contribution is -2.32. The van der Waals surface area contributed by atoms with Crippen molar-refractivity contribution in [2.75, 3.05) is 0 Å². The van der Waals surface area contributed by atoms with E-state index in [9.17, 15) is 9.90 Å². The highest BCUT2D eigenvalue weighted by molar-refractivity contribution is 5.47. The predicted molar refractivity (Wildman–Crippen MR) is 75.1 cm³/mol. The van der Waals surface area contributed by atoms with Gasteiger partial charge in [-0.05, 0) is 48.8 Å². The smallest absolute Gasteiger partial charge is 0.235 e. The Morgan fingerprint density at radius 2 is 2.11 bits per heavy atom. The van der Waals surface area contributed by atoms with Crippen molar-refractivity contribution in [3.05, 3.63) is 29.3 Å². The van der Waals surface area contributed by atoms with Gasteiger partial charge in [0, 0.05) is 5.56 Å². The van der Waals surface area contributed by atoms with Crippen molar-refractivity contribution in [3.63, 3.8) is 0 Å². The summed E-state index contributed by atoms with van der Waals surface area (Å²) in [7, 11) is 0. The largest absolute Gasteiger partial charge is 0.508 e. The number of phenolic OH excluding ortho intramolecular Hbond substituents is 1. The third kappa shape index (κ3) is 2.31. The van der Waals surface area contributed by atoms with Gasteiger partial charge in [-0.15, -0.1) is 0 Å². The van der Waals surface area contributed by atoms with Crippen LogP contribution in [-0.2, 0) is 15.7 Å². The summed E-state index contributed by atoms with van der Waals surface area (Å²) >= 11 is 0. The van der Waals surface area contributed by atoms with Gasteiger partial charge in [-0.1, -0.05) is 26.8 Å². The lowest BCUT2D eigenvalue weighted by atomic mass is 9.70. The van der Waals surface area contributed by atoms with E-state index in [-0.39, 0.29) is 11.2 Å². The van der Waals surface area contributed by atoms with Crippen molar-refractivity contribution in [1.29, 1.82) is 0 Å². The third-order valence-corrected chi connectivity index (χ3v) is 4.60. The van der Waals surface area contributed by atoms with Gasteiger partial charge in [0.05, 0.1) is 0 Å². The normalized spacial score (nSPS) is 17.4. The number of phenols is 1. The van der Waals surface area contributed by atoms with Gasteiger partial charge in [-0.3, -0.25) is 0 Å². The van der Waals surface area contributed by atoms with Crippen LogP contribution in [0.2, 0.25) is 0 Å². The maximum Gasteiger partial charge on any atom is 0.235 e. The first-order chi connectivity index (χ1) is 8.95. The van der Waals surface area contributed by atoms with Gasteiger partial charge in [0.15, 0.2) is 0 Å². The zero-order valence-corrected chi connectivity index (χ0v) is 11.9. The van der Waals surface area contributed by atoms with Crippen molar-refractivity contribution in [3.8, 4) is 5.75 Å². The van der Waals surface area contributed by atoms with Crippen LogP contribution in [0.4, 0.5) is 0 Å². The van der Waals surface area contributed by atoms with Crippen LogP contribution in [0.15, 0.2) is 23.2 Å². The Bertz CT molecular complexity index is 524. The van der Waals surface area contributed by atoms with Crippen LogP contribution in [0.3, 0.4) is 0 Å². The first-order valence-corrected chi connectivity index (χ1v) is 6.88. The van der Waals surface area contributed by atoms with Crippen molar-refractivity contribution in [2.45, 2.75) is 57.4 Å². The van der Waals surface area contributed by atoms with E-state index in [4.69, 9.17) is 0 Å². The minimum Gasteiger partial charge on any atom is -0.508 e. The molecular formula is C16H21NO2. The van der Waals surface area contributed by atoms with Crippen molar-refractivity contribution in [2.24, 2.45) is 4.99 Å². The standard InChI is InChI=1S/C16H21NO2/c1-4-15(2,3)12-6-7-14(19)13(10-12)16(17-11-18)8-5-9-16/h6-7,10,19H,4-5,8-9H2,1-3H3. The zero-order chi connectivity index (χ0) is 14.1. The fourth-order valence-corrected chi connectivity index (χ4v) is 2.57. The first kappa shape index (κ1) is 13.8. The van der Waals surface area contributed by atoms with Gasteiger partial charge in [0.1, 0.15) is 11.3 Å². The summed E-state index contributed by atoms with van der Waals surface area (Å²) < 4.78 is 0. The molecule has 0 amide bonds. The van der Waals surface area contributed by atoms with Gasteiger partial charge in [0.25, 0.3) is 0 Å². The molecule has 1 fully saturated rings. The average Bonchev–Trinajstić information content (AvgIpc) is 2.34. The molecule has 102 valence electrons. The highest BCUT2D eigenvalue weighted by Crippen LogP contribution is 2.48. The fourth-order valence-electron chi connectivity index (χ4n) is 2.57. The summed E-state index contributed by atoms with van der Waals surface area (Å²) in [6, 6.07) is 5.70. The molecule has 1 aliphatic carbocycles. The summed E-state index contributed by atoms with van der Waals surface area (Å²) in [5, 5.41) is 10.1. The second kappa shape index (κ2) is 4.82.